The number of nitrogens with zero attached hydrogens (tertiary/aromatic N) is 1. The summed E-state index contributed by atoms with van der Waals surface area (Å²) in [5.74, 6) is 1.62. The van der Waals surface area contributed by atoms with Crippen LogP contribution in [-0.2, 0) is 11.8 Å². The molecule has 0 unspecified atom stereocenters. The third-order valence-electron chi connectivity index (χ3n) is 8.32. The number of benzene rings is 1. The van der Waals surface area contributed by atoms with E-state index in [1.807, 2.05) is 6.07 Å². The summed E-state index contributed by atoms with van der Waals surface area (Å²) >= 11 is 0. The number of hydrogen-bond acceptors (Lipinski definition) is 4. The molecule has 3 aliphatic carbocycles. The predicted molar refractivity (Wildman–Crippen MR) is 107 cm³/mol. The maximum atomic E-state index is 11.8. The molecular formula is C23H32N2O3. The van der Waals surface area contributed by atoms with E-state index >= 15 is 0 Å². The van der Waals surface area contributed by atoms with E-state index in [0.29, 0.717) is 18.4 Å². The van der Waals surface area contributed by atoms with E-state index < -0.39 is 5.91 Å². The first-order chi connectivity index (χ1) is 13.4. The largest absolute Gasteiger partial charge is 0.507 e. The second-order valence-electron chi connectivity index (χ2n) is 10.0. The van der Waals surface area contributed by atoms with Crippen molar-refractivity contribution in [3.63, 3.8) is 0 Å². The molecule has 4 aliphatic rings. The summed E-state index contributed by atoms with van der Waals surface area (Å²) in [7, 11) is 0. The summed E-state index contributed by atoms with van der Waals surface area (Å²) in [6.45, 7) is 4.54. The highest BCUT2D eigenvalue weighted by molar-refractivity contribution is 5.96. The number of rotatable bonds is 3. The van der Waals surface area contributed by atoms with Gasteiger partial charge in [0.2, 0.25) is 0 Å². The summed E-state index contributed by atoms with van der Waals surface area (Å²) in [5, 5.41) is 21.6. The van der Waals surface area contributed by atoms with Gasteiger partial charge in [-0.15, -0.1) is 0 Å². The Balaban J connectivity index is 1.56. The van der Waals surface area contributed by atoms with Gasteiger partial charge in [0, 0.05) is 23.6 Å². The molecule has 5 rings (SSSR count). The number of aliphatic hydroxyl groups excluding tert-OH is 1. The molecule has 4 atom stereocenters. The number of primary amides is 1. The van der Waals surface area contributed by atoms with Crippen molar-refractivity contribution in [3.05, 3.63) is 28.8 Å². The molecule has 0 radical (unpaired) electrons. The van der Waals surface area contributed by atoms with Crippen LogP contribution >= 0.6 is 0 Å². The van der Waals surface area contributed by atoms with Gasteiger partial charge in [-0.1, -0.05) is 13.0 Å². The number of likely N-dealkylation sites (tertiary alicyclic amines) is 1. The lowest BCUT2D eigenvalue weighted by molar-refractivity contribution is -0.0588. The molecule has 2 saturated carbocycles. The Kier molecular flexibility index (Phi) is 4.25. The molecule has 1 saturated heterocycles. The molecule has 1 aromatic rings. The Labute approximate surface area is 166 Å². The second-order valence-corrected chi connectivity index (χ2v) is 10.0. The van der Waals surface area contributed by atoms with Gasteiger partial charge in [-0.2, -0.15) is 0 Å². The zero-order chi connectivity index (χ0) is 19.6. The summed E-state index contributed by atoms with van der Waals surface area (Å²) < 4.78 is 0. The molecule has 0 aromatic heterocycles. The first kappa shape index (κ1) is 18.4. The van der Waals surface area contributed by atoms with Crippen molar-refractivity contribution in [1.29, 1.82) is 0 Å². The van der Waals surface area contributed by atoms with Crippen LogP contribution in [0.3, 0.4) is 0 Å². The van der Waals surface area contributed by atoms with Crippen LogP contribution in [0.1, 0.15) is 66.9 Å². The van der Waals surface area contributed by atoms with E-state index in [1.54, 1.807) is 6.07 Å². The summed E-state index contributed by atoms with van der Waals surface area (Å²) in [4.78, 5) is 14.6. The van der Waals surface area contributed by atoms with Gasteiger partial charge in [0.25, 0.3) is 5.91 Å². The Bertz CT molecular complexity index is 803. The Hall–Kier alpha value is -1.59. The molecular weight excluding hydrogens is 352 g/mol. The van der Waals surface area contributed by atoms with Crippen molar-refractivity contribution >= 4 is 5.91 Å². The minimum Gasteiger partial charge on any atom is -0.507 e. The molecule has 1 amide bonds. The van der Waals surface area contributed by atoms with Gasteiger partial charge in [0.1, 0.15) is 5.75 Å². The first-order valence-corrected chi connectivity index (χ1v) is 11.0. The van der Waals surface area contributed by atoms with Crippen LogP contribution in [0.25, 0.3) is 0 Å². The van der Waals surface area contributed by atoms with E-state index in [2.05, 4.69) is 11.8 Å². The number of piperidine rings is 1. The van der Waals surface area contributed by atoms with Crippen molar-refractivity contribution < 1.29 is 15.0 Å². The highest BCUT2D eigenvalue weighted by Crippen LogP contribution is 2.58. The zero-order valence-electron chi connectivity index (χ0n) is 16.7. The van der Waals surface area contributed by atoms with E-state index in [4.69, 9.17) is 5.73 Å². The van der Waals surface area contributed by atoms with Crippen LogP contribution in [0.2, 0.25) is 0 Å². The molecule has 28 heavy (non-hydrogen) atoms. The normalized spacial score (nSPS) is 39.6. The highest BCUT2D eigenvalue weighted by atomic mass is 16.3. The minimum absolute atomic E-state index is 0.0730. The zero-order valence-corrected chi connectivity index (χ0v) is 16.7. The number of fused-ring (bicyclic) bond motifs is 1. The van der Waals surface area contributed by atoms with E-state index in [-0.39, 0.29) is 22.8 Å². The fraction of sp³-hybridized carbons (Fsp3) is 0.696. The fourth-order valence-corrected chi connectivity index (χ4v) is 7.18. The molecule has 1 heterocycles. The second kappa shape index (κ2) is 6.46. The number of aliphatic hydroxyl groups is 1. The molecule has 5 heteroatoms. The van der Waals surface area contributed by atoms with Crippen molar-refractivity contribution in [2.45, 2.75) is 69.4 Å². The molecule has 5 nitrogen and oxygen atoms in total. The van der Waals surface area contributed by atoms with Gasteiger partial charge in [0.15, 0.2) is 0 Å². The number of hydrogen-bond donors (Lipinski definition) is 3. The average molecular weight is 385 g/mol. The number of amides is 1. The lowest BCUT2D eigenvalue weighted by atomic mass is 9.51. The quantitative estimate of drug-likeness (QED) is 0.747. The lowest BCUT2D eigenvalue weighted by Gasteiger charge is -2.60. The predicted octanol–water partition coefficient (Wildman–Crippen LogP) is 2.57. The summed E-state index contributed by atoms with van der Waals surface area (Å²) in [5.41, 5.74) is 7.57. The monoisotopic (exact) mass is 384 g/mol. The standard InChI is InChI=1S/C23H32N2O3/c1-13-8-14(9-13)12-25-7-6-23-11-16(26)3-5-18(23)19(25)10-15-2-4-17(22(24)28)21(27)20(15)23/h2,4,13-14,16,18-19,26-27H,3,5-12H2,1H3,(H2,24,28)/t13?,14?,16-,18-,19+,23-/m0/s1. The van der Waals surface area contributed by atoms with Gasteiger partial charge >= 0.3 is 0 Å². The van der Waals surface area contributed by atoms with Crippen molar-refractivity contribution in [3.8, 4) is 5.75 Å². The molecule has 3 fully saturated rings. The Morgan fingerprint density at radius 1 is 1.32 bits per heavy atom. The highest BCUT2D eigenvalue weighted by Gasteiger charge is 2.57. The molecule has 152 valence electrons. The van der Waals surface area contributed by atoms with Crippen molar-refractivity contribution in [2.24, 2.45) is 23.5 Å². The molecule has 4 N–H and O–H groups in total. The SMILES string of the molecule is CC1CC(CN2CC[C@]34C[C@@H](O)CC[C@H]3[C@H]2Cc2ccc(C(N)=O)c(O)c24)C1. The van der Waals surface area contributed by atoms with Gasteiger partial charge < -0.3 is 15.9 Å². The number of carbonyl (C=O) groups is 1. The van der Waals surface area contributed by atoms with Crippen LogP contribution in [0.15, 0.2) is 12.1 Å². The topological polar surface area (TPSA) is 86.8 Å². The Morgan fingerprint density at radius 3 is 2.82 bits per heavy atom. The van der Waals surface area contributed by atoms with Crippen LogP contribution in [0.5, 0.6) is 5.75 Å². The number of nitrogens with two attached hydrogens (primary N) is 1. The smallest absolute Gasteiger partial charge is 0.252 e. The van der Waals surface area contributed by atoms with Crippen molar-refractivity contribution in [1.82, 2.24) is 4.90 Å². The lowest BCUT2D eigenvalue weighted by Crippen LogP contribution is -2.63. The maximum absolute atomic E-state index is 11.8. The first-order valence-electron chi connectivity index (χ1n) is 11.0. The molecule has 0 spiro atoms. The van der Waals surface area contributed by atoms with Crippen LogP contribution in [0.4, 0.5) is 0 Å². The van der Waals surface area contributed by atoms with Gasteiger partial charge in [0.05, 0.1) is 11.7 Å². The number of phenols is 1. The van der Waals surface area contributed by atoms with E-state index in [0.717, 1.165) is 55.2 Å². The number of carbonyl (C=O) groups excluding carboxylic acids is 1. The summed E-state index contributed by atoms with van der Waals surface area (Å²) in [6.07, 6.45) is 6.73. The van der Waals surface area contributed by atoms with Crippen LogP contribution < -0.4 is 5.73 Å². The van der Waals surface area contributed by atoms with Gasteiger partial charge in [-0.25, -0.2) is 0 Å². The van der Waals surface area contributed by atoms with E-state index in [9.17, 15) is 15.0 Å². The third kappa shape index (κ3) is 2.62. The Morgan fingerprint density at radius 2 is 2.11 bits per heavy atom. The molecule has 1 aliphatic heterocycles. The fourth-order valence-electron chi connectivity index (χ4n) is 7.18. The molecule has 1 aromatic carbocycles. The molecule has 2 bridgehead atoms. The maximum Gasteiger partial charge on any atom is 0.252 e. The van der Waals surface area contributed by atoms with Gasteiger partial charge in [-0.05, 0) is 80.9 Å². The minimum atomic E-state index is -0.580. The van der Waals surface area contributed by atoms with Crippen LogP contribution in [-0.4, -0.2) is 46.3 Å². The average Bonchev–Trinajstić information content (AvgIpc) is 2.61. The third-order valence-corrected chi connectivity index (χ3v) is 8.32. The summed E-state index contributed by atoms with van der Waals surface area (Å²) in [6, 6.07) is 4.15. The number of aromatic hydroxyl groups is 1. The van der Waals surface area contributed by atoms with Gasteiger partial charge in [-0.3, -0.25) is 9.69 Å². The van der Waals surface area contributed by atoms with E-state index in [1.165, 1.54) is 19.4 Å². The van der Waals surface area contributed by atoms with Crippen LogP contribution in [0, 0.1) is 17.8 Å². The van der Waals surface area contributed by atoms with Crippen molar-refractivity contribution in [2.75, 3.05) is 13.1 Å².